The number of anilines is 1. The van der Waals surface area contributed by atoms with Crippen LogP contribution in [0.1, 0.15) is 33.0 Å². The number of hydrogen-bond acceptors (Lipinski definition) is 4. The number of rotatable bonds is 2. The molecule has 0 saturated heterocycles. The maximum atomic E-state index is 12.8. The average molecular weight is 267 g/mol. The molecule has 1 aromatic heterocycles. The van der Waals surface area contributed by atoms with Crippen LogP contribution in [0.2, 0.25) is 0 Å². The van der Waals surface area contributed by atoms with Crippen molar-refractivity contribution < 1.29 is 4.79 Å². The second-order valence-electron chi connectivity index (χ2n) is 5.13. The van der Waals surface area contributed by atoms with E-state index in [4.69, 9.17) is 5.73 Å². The molecule has 0 bridgehead atoms. The molecule has 1 aromatic carbocycles. The fourth-order valence-corrected chi connectivity index (χ4v) is 2.80. The number of nitrogens with one attached hydrogen (secondary N) is 1. The molecular weight excluding hydrogens is 250 g/mol. The van der Waals surface area contributed by atoms with Crippen LogP contribution >= 0.6 is 0 Å². The van der Waals surface area contributed by atoms with Gasteiger partial charge in [0.25, 0.3) is 0 Å². The molecule has 3 N–H and O–H groups in total. The van der Waals surface area contributed by atoms with E-state index in [1.165, 1.54) is 5.56 Å². The monoisotopic (exact) mass is 267 g/mol. The quantitative estimate of drug-likeness (QED) is 0.817. The lowest BCUT2D eigenvalue weighted by atomic mass is 9.84. The van der Waals surface area contributed by atoms with Gasteiger partial charge in [-0.3, -0.25) is 4.79 Å². The molecule has 0 spiro atoms. The number of nitrogen functional groups attached to an aromatic ring is 1. The molecule has 1 aliphatic rings. The van der Waals surface area contributed by atoms with Crippen LogP contribution in [0.3, 0.4) is 0 Å². The minimum Gasteiger partial charge on any atom is -0.383 e. The first-order chi connectivity index (χ1) is 9.68. The van der Waals surface area contributed by atoms with Gasteiger partial charge in [0.15, 0.2) is 5.78 Å². The van der Waals surface area contributed by atoms with Gasteiger partial charge in [-0.1, -0.05) is 24.3 Å². The minimum atomic E-state index is -0.190. The van der Waals surface area contributed by atoms with E-state index in [1.54, 1.807) is 6.20 Å². The van der Waals surface area contributed by atoms with E-state index in [1.807, 2.05) is 31.2 Å². The Hall–Kier alpha value is -2.20. The summed E-state index contributed by atoms with van der Waals surface area (Å²) in [6.07, 6.45) is 1.63. The van der Waals surface area contributed by atoms with Crippen LogP contribution in [0.25, 0.3) is 0 Å². The smallest absolute Gasteiger partial charge is 0.175 e. The summed E-state index contributed by atoms with van der Waals surface area (Å²) in [6.45, 7) is 3.35. The van der Waals surface area contributed by atoms with E-state index in [0.29, 0.717) is 17.9 Å². The Morgan fingerprint density at radius 3 is 2.95 bits per heavy atom. The van der Waals surface area contributed by atoms with Crippen molar-refractivity contribution in [3.8, 4) is 0 Å². The summed E-state index contributed by atoms with van der Waals surface area (Å²) in [6, 6.07) is 9.88. The van der Waals surface area contributed by atoms with E-state index in [9.17, 15) is 4.79 Å². The van der Waals surface area contributed by atoms with Crippen LogP contribution in [0.15, 0.2) is 36.5 Å². The van der Waals surface area contributed by atoms with Crippen molar-refractivity contribution in [2.45, 2.75) is 19.4 Å². The van der Waals surface area contributed by atoms with Crippen molar-refractivity contribution in [1.82, 2.24) is 10.3 Å². The SMILES string of the molecule is Cc1ccnc(N)c1C(=O)C1CNCc2ccccc21. The molecule has 3 rings (SSSR count). The first-order valence-corrected chi connectivity index (χ1v) is 6.72. The van der Waals surface area contributed by atoms with Crippen LogP contribution in [0.4, 0.5) is 5.82 Å². The van der Waals surface area contributed by atoms with Gasteiger partial charge in [-0.15, -0.1) is 0 Å². The third kappa shape index (κ3) is 2.08. The number of pyridine rings is 1. The summed E-state index contributed by atoms with van der Waals surface area (Å²) < 4.78 is 0. The van der Waals surface area contributed by atoms with Gasteiger partial charge in [0.2, 0.25) is 0 Å². The third-order valence-corrected chi connectivity index (χ3v) is 3.85. The number of fused-ring (bicyclic) bond motifs is 1. The molecule has 1 aliphatic heterocycles. The van der Waals surface area contributed by atoms with Crippen LogP contribution in [0, 0.1) is 6.92 Å². The lowest BCUT2D eigenvalue weighted by Crippen LogP contribution is -2.33. The van der Waals surface area contributed by atoms with Crippen LogP contribution in [-0.4, -0.2) is 17.3 Å². The number of aryl methyl sites for hydroxylation is 1. The number of carbonyl (C=O) groups excluding carboxylic acids is 1. The number of hydrogen-bond donors (Lipinski definition) is 2. The van der Waals surface area contributed by atoms with Crippen molar-refractivity contribution in [3.63, 3.8) is 0 Å². The van der Waals surface area contributed by atoms with Crippen LogP contribution < -0.4 is 11.1 Å². The van der Waals surface area contributed by atoms with Crippen LogP contribution in [-0.2, 0) is 6.54 Å². The van der Waals surface area contributed by atoms with Gasteiger partial charge in [-0.05, 0) is 29.7 Å². The lowest BCUT2D eigenvalue weighted by Gasteiger charge is -2.26. The maximum Gasteiger partial charge on any atom is 0.175 e. The van der Waals surface area contributed by atoms with Gasteiger partial charge < -0.3 is 11.1 Å². The Balaban J connectivity index is 2.05. The van der Waals surface area contributed by atoms with Crippen molar-refractivity contribution in [2.24, 2.45) is 0 Å². The molecule has 20 heavy (non-hydrogen) atoms. The second-order valence-corrected chi connectivity index (χ2v) is 5.13. The van der Waals surface area contributed by atoms with Crippen molar-refractivity contribution in [2.75, 3.05) is 12.3 Å². The van der Waals surface area contributed by atoms with Gasteiger partial charge >= 0.3 is 0 Å². The van der Waals surface area contributed by atoms with Crippen molar-refractivity contribution in [1.29, 1.82) is 0 Å². The molecule has 0 saturated carbocycles. The third-order valence-electron chi connectivity index (χ3n) is 3.85. The van der Waals surface area contributed by atoms with E-state index in [-0.39, 0.29) is 11.7 Å². The Labute approximate surface area is 118 Å². The average Bonchev–Trinajstić information content (AvgIpc) is 2.46. The zero-order valence-corrected chi connectivity index (χ0v) is 11.4. The highest BCUT2D eigenvalue weighted by molar-refractivity contribution is 6.05. The molecule has 4 heteroatoms. The fourth-order valence-electron chi connectivity index (χ4n) is 2.80. The summed E-state index contributed by atoms with van der Waals surface area (Å²) in [5.41, 5.74) is 9.60. The van der Waals surface area contributed by atoms with E-state index in [0.717, 1.165) is 17.7 Å². The van der Waals surface area contributed by atoms with Gasteiger partial charge in [-0.25, -0.2) is 4.98 Å². The number of carbonyl (C=O) groups is 1. The first kappa shape index (κ1) is 12.8. The highest BCUT2D eigenvalue weighted by Crippen LogP contribution is 2.29. The van der Waals surface area contributed by atoms with Gasteiger partial charge in [0.1, 0.15) is 5.82 Å². The van der Waals surface area contributed by atoms with Crippen LogP contribution in [0.5, 0.6) is 0 Å². The molecule has 0 fully saturated rings. The zero-order valence-electron chi connectivity index (χ0n) is 11.4. The normalized spacial score (nSPS) is 17.6. The number of nitrogens with two attached hydrogens (primary N) is 1. The molecule has 2 aromatic rings. The number of ketones is 1. The number of benzene rings is 1. The predicted octanol–water partition coefficient (Wildman–Crippen LogP) is 2.04. The van der Waals surface area contributed by atoms with E-state index in [2.05, 4.69) is 16.4 Å². The van der Waals surface area contributed by atoms with Gasteiger partial charge in [0, 0.05) is 19.3 Å². The first-order valence-electron chi connectivity index (χ1n) is 6.72. The molecule has 4 nitrogen and oxygen atoms in total. The second kappa shape index (κ2) is 5.06. The Morgan fingerprint density at radius 1 is 1.35 bits per heavy atom. The van der Waals surface area contributed by atoms with Crippen molar-refractivity contribution >= 4 is 11.6 Å². The predicted molar refractivity (Wildman–Crippen MR) is 78.6 cm³/mol. The molecule has 1 unspecified atom stereocenters. The molecule has 2 heterocycles. The topological polar surface area (TPSA) is 68.0 Å². The number of nitrogens with zero attached hydrogens (tertiary/aromatic N) is 1. The molecule has 0 radical (unpaired) electrons. The number of Topliss-reactive ketones (excluding diaryl/α,β-unsaturated/α-hetero) is 1. The summed E-state index contributed by atoms with van der Waals surface area (Å²) in [5.74, 6) is 0.177. The van der Waals surface area contributed by atoms with Crippen molar-refractivity contribution in [3.05, 3.63) is 58.8 Å². The highest BCUT2D eigenvalue weighted by atomic mass is 16.1. The summed E-state index contributed by atoms with van der Waals surface area (Å²) in [4.78, 5) is 16.9. The summed E-state index contributed by atoms with van der Waals surface area (Å²) >= 11 is 0. The standard InChI is InChI=1S/C16H17N3O/c1-10-6-7-19-16(17)14(10)15(20)13-9-18-8-11-4-2-3-5-12(11)13/h2-7,13,18H,8-9H2,1H3,(H2,17,19). The van der Waals surface area contributed by atoms with E-state index >= 15 is 0 Å². The fraction of sp³-hybridized carbons (Fsp3) is 0.250. The molecular formula is C16H17N3O. The zero-order chi connectivity index (χ0) is 14.1. The lowest BCUT2D eigenvalue weighted by molar-refractivity contribution is 0.0955. The number of aromatic nitrogens is 1. The summed E-state index contributed by atoms with van der Waals surface area (Å²) in [7, 11) is 0. The molecule has 102 valence electrons. The molecule has 0 aliphatic carbocycles. The Kier molecular flexibility index (Phi) is 3.24. The summed E-state index contributed by atoms with van der Waals surface area (Å²) in [5, 5.41) is 3.30. The Morgan fingerprint density at radius 2 is 2.15 bits per heavy atom. The molecule has 0 amide bonds. The van der Waals surface area contributed by atoms with Gasteiger partial charge in [0.05, 0.1) is 11.5 Å². The Bertz CT molecular complexity index is 646. The maximum absolute atomic E-state index is 12.8. The van der Waals surface area contributed by atoms with Gasteiger partial charge in [-0.2, -0.15) is 0 Å². The van der Waals surface area contributed by atoms with E-state index < -0.39 is 0 Å². The largest absolute Gasteiger partial charge is 0.383 e. The minimum absolute atomic E-state index is 0.0488. The highest BCUT2D eigenvalue weighted by Gasteiger charge is 2.29. The molecule has 1 atom stereocenters.